The predicted octanol–water partition coefficient (Wildman–Crippen LogP) is 2.76. The molecular formula is C15H21N3O2. The normalized spacial score (nSPS) is 11.1. The molecule has 1 aromatic carbocycles. The first-order valence-corrected chi connectivity index (χ1v) is 6.80. The predicted molar refractivity (Wildman–Crippen MR) is 76.5 cm³/mol. The monoisotopic (exact) mass is 275 g/mol. The van der Waals surface area contributed by atoms with Gasteiger partial charge < -0.3 is 10.1 Å². The first kappa shape index (κ1) is 14.5. The lowest BCUT2D eigenvalue weighted by Gasteiger charge is -2.15. The van der Waals surface area contributed by atoms with E-state index in [1.165, 1.54) is 0 Å². The number of nitrogens with one attached hydrogen (secondary N) is 1. The summed E-state index contributed by atoms with van der Waals surface area (Å²) in [5.74, 6) is 0.906. The van der Waals surface area contributed by atoms with Crippen LogP contribution < -0.4 is 10.1 Å². The molecule has 0 amide bonds. The maximum Gasteiger partial charge on any atom is 0.145 e. The van der Waals surface area contributed by atoms with Crippen LogP contribution in [0.5, 0.6) is 5.75 Å². The highest BCUT2D eigenvalue weighted by atomic mass is 16.6. The van der Waals surface area contributed by atoms with Gasteiger partial charge in [0.2, 0.25) is 0 Å². The highest BCUT2D eigenvalue weighted by Gasteiger charge is 2.11. The van der Waals surface area contributed by atoms with Crippen molar-refractivity contribution < 1.29 is 9.37 Å². The zero-order valence-electron chi connectivity index (χ0n) is 12.4. The van der Waals surface area contributed by atoms with E-state index in [2.05, 4.69) is 40.2 Å². The summed E-state index contributed by atoms with van der Waals surface area (Å²) in [6.07, 6.45) is 0. The van der Waals surface area contributed by atoms with Gasteiger partial charge in [0.05, 0.1) is 0 Å². The minimum absolute atomic E-state index is 0.370. The summed E-state index contributed by atoms with van der Waals surface area (Å²) < 4.78 is 10.6. The van der Waals surface area contributed by atoms with Gasteiger partial charge in [0.25, 0.3) is 0 Å². The van der Waals surface area contributed by atoms with Crippen LogP contribution in [0.4, 0.5) is 0 Å². The molecule has 20 heavy (non-hydrogen) atoms. The number of benzene rings is 1. The van der Waals surface area contributed by atoms with Crippen molar-refractivity contribution in [1.82, 2.24) is 15.6 Å². The summed E-state index contributed by atoms with van der Waals surface area (Å²) in [4.78, 5) is 0. The number of aromatic nitrogens is 2. The number of rotatable bonds is 6. The van der Waals surface area contributed by atoms with Crippen LogP contribution in [0, 0.1) is 13.8 Å². The summed E-state index contributed by atoms with van der Waals surface area (Å²) in [5, 5.41) is 11.0. The molecule has 1 N–H and O–H groups in total. The maximum atomic E-state index is 5.92. The van der Waals surface area contributed by atoms with Gasteiger partial charge in [-0.3, -0.25) is 0 Å². The molecule has 0 atom stereocenters. The number of aryl methyl sites for hydroxylation is 2. The molecular weight excluding hydrogens is 254 g/mol. The number of para-hydroxylation sites is 1. The van der Waals surface area contributed by atoms with E-state index in [0.29, 0.717) is 12.6 Å². The molecule has 0 aliphatic carbocycles. The lowest BCUT2D eigenvalue weighted by atomic mass is 10.1. The lowest BCUT2D eigenvalue weighted by molar-refractivity contribution is 0.267. The summed E-state index contributed by atoms with van der Waals surface area (Å²) >= 11 is 0. The molecule has 0 aliphatic heterocycles. The largest absolute Gasteiger partial charge is 0.486 e. The first-order valence-electron chi connectivity index (χ1n) is 6.80. The topological polar surface area (TPSA) is 60.2 Å². The second-order valence-corrected chi connectivity index (χ2v) is 5.18. The Morgan fingerprint density at radius 3 is 2.70 bits per heavy atom. The molecule has 0 fully saturated rings. The van der Waals surface area contributed by atoms with Crippen LogP contribution in [-0.2, 0) is 13.2 Å². The third-order valence-electron chi connectivity index (χ3n) is 3.09. The number of ether oxygens (including phenoxy) is 1. The van der Waals surface area contributed by atoms with Gasteiger partial charge in [-0.15, -0.1) is 0 Å². The van der Waals surface area contributed by atoms with Crippen molar-refractivity contribution in [2.45, 2.75) is 46.9 Å². The molecule has 0 aliphatic rings. The Bertz CT molecular complexity index is 564. The maximum absolute atomic E-state index is 5.92. The van der Waals surface area contributed by atoms with Crippen LogP contribution in [0.15, 0.2) is 22.8 Å². The van der Waals surface area contributed by atoms with E-state index in [9.17, 15) is 0 Å². The first-order chi connectivity index (χ1) is 9.58. The molecule has 1 aromatic heterocycles. The van der Waals surface area contributed by atoms with E-state index in [1.807, 2.05) is 26.0 Å². The van der Waals surface area contributed by atoms with Gasteiger partial charge in [0, 0.05) is 18.2 Å². The van der Waals surface area contributed by atoms with E-state index in [1.54, 1.807) is 0 Å². The molecule has 1 heterocycles. The van der Waals surface area contributed by atoms with Crippen LogP contribution in [0.1, 0.15) is 36.4 Å². The highest BCUT2D eigenvalue weighted by molar-refractivity contribution is 5.40. The van der Waals surface area contributed by atoms with Crippen molar-refractivity contribution >= 4 is 0 Å². The van der Waals surface area contributed by atoms with E-state index in [4.69, 9.17) is 4.74 Å². The van der Waals surface area contributed by atoms with Gasteiger partial charge in [-0.05, 0) is 19.4 Å². The van der Waals surface area contributed by atoms with E-state index >= 15 is 0 Å². The van der Waals surface area contributed by atoms with Gasteiger partial charge >= 0.3 is 0 Å². The van der Waals surface area contributed by atoms with Crippen LogP contribution in [0.3, 0.4) is 0 Å². The van der Waals surface area contributed by atoms with Crippen LogP contribution in [0.25, 0.3) is 0 Å². The van der Waals surface area contributed by atoms with E-state index < -0.39 is 0 Å². The second-order valence-electron chi connectivity index (χ2n) is 5.18. The Morgan fingerprint density at radius 1 is 1.25 bits per heavy atom. The SMILES string of the molecule is Cc1cccc(CNC(C)C)c1OCc1nonc1C. The van der Waals surface area contributed by atoms with Crippen molar-refractivity contribution in [2.24, 2.45) is 0 Å². The summed E-state index contributed by atoms with van der Waals surface area (Å²) in [7, 11) is 0. The molecule has 2 aromatic rings. The third-order valence-corrected chi connectivity index (χ3v) is 3.09. The molecule has 0 saturated carbocycles. The number of hydrogen-bond acceptors (Lipinski definition) is 5. The summed E-state index contributed by atoms with van der Waals surface area (Å²) in [6, 6.07) is 6.60. The quantitative estimate of drug-likeness (QED) is 0.878. The smallest absolute Gasteiger partial charge is 0.145 e. The van der Waals surface area contributed by atoms with E-state index in [-0.39, 0.29) is 0 Å². The van der Waals surface area contributed by atoms with Gasteiger partial charge in [-0.25, -0.2) is 4.63 Å². The van der Waals surface area contributed by atoms with Crippen molar-refractivity contribution in [1.29, 1.82) is 0 Å². The minimum atomic E-state index is 0.370. The molecule has 0 saturated heterocycles. The molecule has 0 spiro atoms. The average Bonchev–Trinajstić information content (AvgIpc) is 2.81. The molecule has 108 valence electrons. The van der Waals surface area contributed by atoms with E-state index in [0.717, 1.165) is 34.8 Å². The van der Waals surface area contributed by atoms with Crippen LogP contribution in [0.2, 0.25) is 0 Å². The Kier molecular flexibility index (Phi) is 4.74. The highest BCUT2D eigenvalue weighted by Crippen LogP contribution is 2.24. The zero-order chi connectivity index (χ0) is 14.5. The Balaban J connectivity index is 2.11. The molecule has 5 nitrogen and oxygen atoms in total. The van der Waals surface area contributed by atoms with Gasteiger partial charge in [0.1, 0.15) is 23.7 Å². The van der Waals surface area contributed by atoms with Crippen LogP contribution in [-0.4, -0.2) is 16.4 Å². The van der Waals surface area contributed by atoms with Crippen molar-refractivity contribution in [2.75, 3.05) is 0 Å². The zero-order valence-corrected chi connectivity index (χ0v) is 12.4. The van der Waals surface area contributed by atoms with Gasteiger partial charge in [-0.1, -0.05) is 42.4 Å². The third kappa shape index (κ3) is 3.57. The molecule has 5 heteroatoms. The van der Waals surface area contributed by atoms with Crippen molar-refractivity contribution in [3.05, 3.63) is 40.7 Å². The molecule has 2 rings (SSSR count). The molecule has 0 unspecified atom stereocenters. The second kappa shape index (κ2) is 6.52. The Labute approximate surface area is 119 Å². The lowest BCUT2D eigenvalue weighted by Crippen LogP contribution is -2.22. The Hall–Kier alpha value is -1.88. The van der Waals surface area contributed by atoms with Gasteiger partial charge in [-0.2, -0.15) is 0 Å². The average molecular weight is 275 g/mol. The Morgan fingerprint density at radius 2 is 2.05 bits per heavy atom. The number of hydrogen-bond donors (Lipinski definition) is 1. The fourth-order valence-corrected chi connectivity index (χ4v) is 1.89. The van der Waals surface area contributed by atoms with Crippen molar-refractivity contribution in [3.8, 4) is 5.75 Å². The molecule has 0 radical (unpaired) electrons. The van der Waals surface area contributed by atoms with Gasteiger partial charge in [0.15, 0.2) is 0 Å². The number of nitrogens with zero attached hydrogens (tertiary/aromatic N) is 2. The molecule has 0 bridgehead atoms. The fraction of sp³-hybridized carbons (Fsp3) is 0.467. The minimum Gasteiger partial charge on any atom is -0.486 e. The fourth-order valence-electron chi connectivity index (χ4n) is 1.89. The summed E-state index contributed by atoms with van der Waals surface area (Å²) in [6.45, 7) is 9.30. The van der Waals surface area contributed by atoms with Crippen molar-refractivity contribution in [3.63, 3.8) is 0 Å². The summed E-state index contributed by atoms with van der Waals surface area (Å²) in [5.41, 5.74) is 3.76. The van der Waals surface area contributed by atoms with Crippen LogP contribution >= 0.6 is 0 Å². The standard InChI is InChI=1S/C15H21N3O2/c1-10(2)16-8-13-7-5-6-11(3)15(13)19-9-14-12(4)17-20-18-14/h5-7,10,16H,8-9H2,1-4H3.